The van der Waals surface area contributed by atoms with E-state index in [9.17, 15) is 9.59 Å². The summed E-state index contributed by atoms with van der Waals surface area (Å²) in [5, 5.41) is 14.9. The molecule has 0 unspecified atom stereocenters. The predicted octanol–water partition coefficient (Wildman–Crippen LogP) is 0.911. The van der Waals surface area contributed by atoms with Gasteiger partial charge < -0.3 is 5.32 Å². The van der Waals surface area contributed by atoms with Gasteiger partial charge in [-0.25, -0.2) is 4.68 Å². The maximum absolute atomic E-state index is 11.9. The first kappa shape index (κ1) is 14.6. The molecule has 0 radical (unpaired) electrons. The highest BCUT2D eigenvalue weighted by Gasteiger charge is 2.10. The van der Waals surface area contributed by atoms with Gasteiger partial charge in [-0.15, -0.1) is 5.10 Å². The van der Waals surface area contributed by atoms with E-state index < -0.39 is 0 Å². The van der Waals surface area contributed by atoms with Gasteiger partial charge in [0.05, 0.1) is 11.1 Å². The number of carbonyl (C=O) groups excluding carboxylic acids is 1. The van der Waals surface area contributed by atoms with Crippen molar-refractivity contribution in [1.29, 1.82) is 0 Å². The first-order chi connectivity index (χ1) is 10.6. The van der Waals surface area contributed by atoms with Gasteiger partial charge >= 0.3 is 0 Å². The fourth-order valence-electron chi connectivity index (χ4n) is 1.69. The Kier molecular flexibility index (Phi) is 4.11. The first-order valence-corrected chi connectivity index (χ1v) is 7.98. The van der Waals surface area contributed by atoms with Crippen molar-refractivity contribution in [2.75, 3.05) is 11.1 Å². The van der Waals surface area contributed by atoms with Gasteiger partial charge in [0.25, 0.3) is 5.56 Å². The van der Waals surface area contributed by atoms with Gasteiger partial charge in [0.1, 0.15) is 0 Å². The minimum atomic E-state index is -0.352. The highest BCUT2D eigenvalue weighted by molar-refractivity contribution is 7.99. The molecule has 0 aliphatic rings. The zero-order valence-corrected chi connectivity index (χ0v) is 13.0. The Bertz CT molecular complexity index is 890. The zero-order valence-electron chi connectivity index (χ0n) is 11.4. The molecular weight excluding hydrogens is 324 g/mol. The highest BCUT2D eigenvalue weighted by atomic mass is 32.2. The van der Waals surface area contributed by atoms with E-state index in [0.717, 1.165) is 4.70 Å². The smallest absolute Gasteiger partial charge is 0.281 e. The van der Waals surface area contributed by atoms with Gasteiger partial charge in [0.2, 0.25) is 11.1 Å². The quantitative estimate of drug-likeness (QED) is 0.707. The second-order valence-electron chi connectivity index (χ2n) is 4.24. The monoisotopic (exact) mass is 334 g/mol. The van der Waals surface area contributed by atoms with E-state index in [2.05, 4.69) is 25.8 Å². The summed E-state index contributed by atoms with van der Waals surface area (Å²) in [6.07, 6.45) is 0. The van der Waals surface area contributed by atoms with E-state index in [1.165, 1.54) is 27.8 Å². The summed E-state index contributed by atoms with van der Waals surface area (Å²) in [4.78, 5) is 27.7. The Morgan fingerprint density at radius 2 is 2.23 bits per heavy atom. The lowest BCUT2D eigenvalue weighted by Gasteiger charge is -2.03. The Balaban J connectivity index is 1.71. The Labute approximate surface area is 132 Å². The molecule has 2 aromatic heterocycles. The number of anilines is 1. The van der Waals surface area contributed by atoms with E-state index in [-0.39, 0.29) is 22.4 Å². The summed E-state index contributed by atoms with van der Waals surface area (Å²) in [7, 11) is 1.69. The first-order valence-electron chi connectivity index (χ1n) is 6.18. The second-order valence-corrected chi connectivity index (χ2v) is 6.22. The van der Waals surface area contributed by atoms with Crippen molar-refractivity contribution in [3.63, 3.8) is 0 Å². The third kappa shape index (κ3) is 3.12. The van der Waals surface area contributed by atoms with Crippen LogP contribution in [0.3, 0.4) is 0 Å². The van der Waals surface area contributed by atoms with Crippen molar-refractivity contribution in [1.82, 2.24) is 25.2 Å². The molecule has 0 fully saturated rings. The third-order valence-corrected chi connectivity index (χ3v) is 4.66. The molecule has 0 bridgehead atoms. The number of rotatable bonds is 4. The van der Waals surface area contributed by atoms with Gasteiger partial charge in [-0.2, -0.15) is 4.98 Å². The minimum Gasteiger partial charge on any atom is -0.301 e. The van der Waals surface area contributed by atoms with Crippen LogP contribution in [0.25, 0.3) is 10.1 Å². The molecule has 3 aromatic rings. The number of aryl methyl sites for hydroxylation is 1. The molecule has 112 valence electrons. The van der Waals surface area contributed by atoms with Crippen LogP contribution in [0.5, 0.6) is 0 Å². The lowest BCUT2D eigenvalue weighted by atomic mass is 10.3. The van der Waals surface area contributed by atoms with Crippen LogP contribution in [0.1, 0.15) is 0 Å². The molecule has 8 nitrogen and oxygen atoms in total. The molecule has 0 aliphatic carbocycles. The summed E-state index contributed by atoms with van der Waals surface area (Å²) < 4.78 is 2.26. The van der Waals surface area contributed by atoms with Gasteiger partial charge in [0, 0.05) is 11.7 Å². The molecule has 1 N–H and O–H groups in total. The SMILES string of the molecule is Cn1nnnc1SCC(=O)Nc1nc(=O)c2ccccc2s1. The molecule has 3 rings (SSSR count). The van der Waals surface area contributed by atoms with E-state index in [4.69, 9.17) is 0 Å². The molecule has 0 aliphatic heterocycles. The van der Waals surface area contributed by atoms with Crippen molar-refractivity contribution in [3.05, 3.63) is 34.6 Å². The van der Waals surface area contributed by atoms with Crippen molar-refractivity contribution in [3.8, 4) is 0 Å². The van der Waals surface area contributed by atoms with Crippen LogP contribution in [0.2, 0.25) is 0 Å². The van der Waals surface area contributed by atoms with Gasteiger partial charge in [-0.1, -0.05) is 35.2 Å². The van der Waals surface area contributed by atoms with Crippen LogP contribution in [0, 0.1) is 0 Å². The number of carbonyl (C=O) groups is 1. The van der Waals surface area contributed by atoms with Crippen LogP contribution in [0.15, 0.2) is 34.2 Å². The lowest BCUT2D eigenvalue weighted by molar-refractivity contribution is -0.113. The van der Waals surface area contributed by atoms with Crippen LogP contribution >= 0.6 is 23.1 Å². The van der Waals surface area contributed by atoms with Crippen LogP contribution in [0.4, 0.5) is 5.13 Å². The molecule has 0 atom stereocenters. The molecule has 0 saturated heterocycles. The molecule has 1 amide bonds. The number of tetrazole rings is 1. The number of fused-ring (bicyclic) bond motifs is 1. The standard InChI is InChI=1S/C12H10N6O2S2/c1-18-12(15-16-17-18)21-6-9(19)13-11-14-10(20)7-4-2-3-5-8(7)22-11/h2-5H,6H2,1H3,(H,13,14,19,20). The summed E-state index contributed by atoms with van der Waals surface area (Å²) in [6, 6.07) is 7.14. The van der Waals surface area contributed by atoms with Gasteiger partial charge in [-0.05, 0) is 22.6 Å². The third-order valence-electron chi connectivity index (χ3n) is 2.69. The van der Waals surface area contributed by atoms with Gasteiger partial charge in [0.15, 0.2) is 5.13 Å². The number of hydrogen-bond acceptors (Lipinski definition) is 8. The number of aromatic nitrogens is 5. The lowest BCUT2D eigenvalue weighted by Crippen LogP contribution is -2.17. The second kappa shape index (κ2) is 6.20. The van der Waals surface area contributed by atoms with Crippen molar-refractivity contribution >= 4 is 44.2 Å². The summed E-state index contributed by atoms with van der Waals surface area (Å²) in [5.41, 5.74) is -0.352. The Morgan fingerprint density at radius 3 is 3.00 bits per heavy atom. The van der Waals surface area contributed by atoms with Crippen molar-refractivity contribution in [2.24, 2.45) is 7.05 Å². The van der Waals surface area contributed by atoms with Crippen molar-refractivity contribution < 1.29 is 4.79 Å². The molecule has 0 spiro atoms. The number of benzene rings is 1. The molecule has 0 saturated carbocycles. The number of hydrogen-bond donors (Lipinski definition) is 1. The molecule has 10 heteroatoms. The largest absolute Gasteiger partial charge is 0.301 e. The Morgan fingerprint density at radius 1 is 1.41 bits per heavy atom. The number of nitrogens with one attached hydrogen (secondary N) is 1. The highest BCUT2D eigenvalue weighted by Crippen LogP contribution is 2.21. The normalized spacial score (nSPS) is 10.8. The van der Waals surface area contributed by atoms with Gasteiger partial charge in [-0.3, -0.25) is 9.59 Å². The fraction of sp³-hybridized carbons (Fsp3) is 0.167. The average molecular weight is 334 g/mol. The van der Waals surface area contributed by atoms with Crippen molar-refractivity contribution in [2.45, 2.75) is 5.16 Å². The van der Waals surface area contributed by atoms with E-state index >= 15 is 0 Å². The topological polar surface area (TPSA) is 103 Å². The summed E-state index contributed by atoms with van der Waals surface area (Å²) in [5.74, 6) is -0.143. The van der Waals surface area contributed by atoms with Crippen LogP contribution in [-0.4, -0.2) is 36.9 Å². The summed E-state index contributed by atoms with van der Waals surface area (Å²) >= 11 is 2.46. The maximum Gasteiger partial charge on any atom is 0.281 e. The van der Waals surface area contributed by atoms with E-state index in [1.54, 1.807) is 19.2 Å². The van der Waals surface area contributed by atoms with E-state index in [0.29, 0.717) is 10.5 Å². The van der Waals surface area contributed by atoms with Crippen LogP contribution < -0.4 is 10.9 Å². The minimum absolute atomic E-state index is 0.129. The number of thioether (sulfide) groups is 1. The predicted molar refractivity (Wildman–Crippen MR) is 84.0 cm³/mol. The molecule has 1 aromatic carbocycles. The maximum atomic E-state index is 11.9. The fourth-order valence-corrected chi connectivity index (χ4v) is 3.26. The van der Waals surface area contributed by atoms with Crippen LogP contribution in [-0.2, 0) is 11.8 Å². The average Bonchev–Trinajstić information content (AvgIpc) is 2.90. The molecule has 2 heterocycles. The Hall–Kier alpha value is -2.33. The molecule has 22 heavy (non-hydrogen) atoms. The zero-order chi connectivity index (χ0) is 15.5. The summed E-state index contributed by atoms with van der Waals surface area (Å²) in [6.45, 7) is 0. The molecular formula is C12H10N6O2S2. The number of nitrogens with zero attached hydrogens (tertiary/aromatic N) is 5. The number of amides is 1. The van der Waals surface area contributed by atoms with E-state index in [1.807, 2.05) is 12.1 Å².